The van der Waals surface area contributed by atoms with Gasteiger partial charge in [0.15, 0.2) is 11.5 Å². The Balaban J connectivity index is 1.88. The molecule has 0 radical (unpaired) electrons. The molecule has 2 unspecified atom stereocenters. The molecule has 1 aromatic carbocycles. The monoisotopic (exact) mass is 274 g/mol. The van der Waals surface area contributed by atoms with Crippen LogP contribution < -0.4 is 9.47 Å². The zero-order valence-corrected chi connectivity index (χ0v) is 11.6. The fraction of sp³-hybridized carbons (Fsp3) is 0.375. The third-order valence-corrected chi connectivity index (χ3v) is 3.36. The molecule has 1 N–H and O–H groups in total. The Morgan fingerprint density at radius 3 is 2.55 bits per heavy atom. The van der Waals surface area contributed by atoms with Gasteiger partial charge in [-0.1, -0.05) is 13.0 Å². The number of rotatable bonds is 2. The summed E-state index contributed by atoms with van der Waals surface area (Å²) in [6.07, 6.45) is -0.793. The summed E-state index contributed by atoms with van der Waals surface area (Å²) in [7, 11) is 0. The number of fused-ring (bicyclic) bond motifs is 1. The third kappa shape index (κ3) is 2.51. The van der Waals surface area contributed by atoms with Crippen molar-refractivity contribution >= 4 is 0 Å². The van der Waals surface area contributed by atoms with Crippen molar-refractivity contribution in [2.75, 3.05) is 13.2 Å². The molecule has 4 heteroatoms. The van der Waals surface area contributed by atoms with Crippen molar-refractivity contribution in [1.29, 1.82) is 0 Å². The number of hydrogen-bond acceptors (Lipinski definition) is 4. The molecule has 1 aliphatic rings. The molecule has 2 atom stereocenters. The van der Waals surface area contributed by atoms with E-state index in [0.29, 0.717) is 30.6 Å². The van der Waals surface area contributed by atoms with Crippen molar-refractivity contribution in [2.45, 2.75) is 20.0 Å². The minimum Gasteiger partial charge on any atom is -0.489 e. The smallest absolute Gasteiger partial charge is 0.161 e. The molecule has 0 fully saturated rings. The molecule has 0 saturated heterocycles. The van der Waals surface area contributed by atoms with Crippen molar-refractivity contribution < 1.29 is 19.0 Å². The second-order valence-electron chi connectivity index (χ2n) is 5.28. The van der Waals surface area contributed by atoms with Crippen LogP contribution in [0.1, 0.15) is 30.1 Å². The van der Waals surface area contributed by atoms with Crippen molar-refractivity contribution in [2.24, 2.45) is 5.92 Å². The summed E-state index contributed by atoms with van der Waals surface area (Å²) in [5.41, 5.74) is 0.733. The largest absolute Gasteiger partial charge is 0.489 e. The van der Waals surface area contributed by atoms with Crippen LogP contribution >= 0.6 is 0 Å². The highest BCUT2D eigenvalue weighted by molar-refractivity contribution is 5.45. The van der Waals surface area contributed by atoms with Crippen LogP contribution in [0.5, 0.6) is 11.5 Å². The summed E-state index contributed by atoms with van der Waals surface area (Å²) in [6.45, 7) is 5.19. The fourth-order valence-electron chi connectivity index (χ4n) is 2.20. The van der Waals surface area contributed by atoms with Crippen LogP contribution in [-0.2, 0) is 0 Å². The van der Waals surface area contributed by atoms with Gasteiger partial charge in [0, 0.05) is 5.92 Å². The van der Waals surface area contributed by atoms with E-state index in [4.69, 9.17) is 13.9 Å². The molecular formula is C16H18O4. The molecule has 4 nitrogen and oxygen atoms in total. The van der Waals surface area contributed by atoms with Crippen molar-refractivity contribution in [3.05, 3.63) is 47.4 Å². The second-order valence-corrected chi connectivity index (χ2v) is 5.28. The lowest BCUT2D eigenvalue weighted by Gasteiger charge is -2.12. The summed E-state index contributed by atoms with van der Waals surface area (Å²) in [5.74, 6) is 3.06. The summed E-state index contributed by atoms with van der Waals surface area (Å²) in [4.78, 5) is 0. The Morgan fingerprint density at radius 2 is 1.85 bits per heavy atom. The van der Waals surface area contributed by atoms with E-state index >= 15 is 0 Å². The normalized spacial score (nSPS) is 19.4. The van der Waals surface area contributed by atoms with E-state index in [1.807, 2.05) is 31.2 Å². The minimum atomic E-state index is -0.793. The van der Waals surface area contributed by atoms with Crippen LogP contribution in [0.15, 0.2) is 34.7 Å². The van der Waals surface area contributed by atoms with Crippen LogP contribution in [-0.4, -0.2) is 18.3 Å². The van der Waals surface area contributed by atoms with Gasteiger partial charge in [0.1, 0.15) is 17.6 Å². The van der Waals surface area contributed by atoms with Crippen molar-refractivity contribution in [3.63, 3.8) is 0 Å². The minimum absolute atomic E-state index is 0.350. The highest BCUT2D eigenvalue weighted by atomic mass is 16.5. The van der Waals surface area contributed by atoms with E-state index in [2.05, 4.69) is 6.92 Å². The lowest BCUT2D eigenvalue weighted by atomic mass is 10.1. The Kier molecular flexibility index (Phi) is 3.40. The average Bonchev–Trinajstić information content (AvgIpc) is 2.80. The summed E-state index contributed by atoms with van der Waals surface area (Å²) in [6, 6.07) is 9.10. The molecule has 2 heterocycles. The van der Waals surface area contributed by atoms with E-state index in [1.165, 1.54) is 0 Å². The molecule has 2 aromatic rings. The van der Waals surface area contributed by atoms with Crippen LogP contribution in [0.3, 0.4) is 0 Å². The summed E-state index contributed by atoms with van der Waals surface area (Å²) in [5, 5.41) is 10.3. The van der Waals surface area contributed by atoms with Crippen molar-refractivity contribution in [3.8, 4) is 11.5 Å². The van der Waals surface area contributed by atoms with E-state index in [0.717, 1.165) is 17.1 Å². The Hall–Kier alpha value is -1.94. The average molecular weight is 274 g/mol. The molecule has 0 saturated carbocycles. The number of hydrogen-bond donors (Lipinski definition) is 1. The van der Waals surface area contributed by atoms with Gasteiger partial charge in [-0.3, -0.25) is 0 Å². The number of benzene rings is 1. The number of aliphatic hydroxyl groups is 1. The van der Waals surface area contributed by atoms with Crippen molar-refractivity contribution in [1.82, 2.24) is 0 Å². The summed E-state index contributed by atoms with van der Waals surface area (Å²) < 4.78 is 16.9. The first-order valence-electron chi connectivity index (χ1n) is 6.77. The Labute approximate surface area is 117 Å². The topological polar surface area (TPSA) is 51.8 Å². The summed E-state index contributed by atoms with van der Waals surface area (Å²) >= 11 is 0. The maximum atomic E-state index is 10.3. The molecule has 3 rings (SSSR count). The molecule has 106 valence electrons. The number of aliphatic hydroxyl groups excluding tert-OH is 1. The van der Waals surface area contributed by atoms with Gasteiger partial charge in [-0.2, -0.15) is 0 Å². The van der Waals surface area contributed by atoms with Gasteiger partial charge in [-0.15, -0.1) is 0 Å². The zero-order valence-electron chi connectivity index (χ0n) is 11.6. The third-order valence-electron chi connectivity index (χ3n) is 3.36. The van der Waals surface area contributed by atoms with Crippen LogP contribution in [0, 0.1) is 12.8 Å². The predicted octanol–water partition coefficient (Wildman–Crippen LogP) is 3.08. The fourth-order valence-corrected chi connectivity index (χ4v) is 2.20. The first kappa shape index (κ1) is 13.1. The molecule has 1 aliphatic heterocycles. The van der Waals surface area contributed by atoms with Gasteiger partial charge in [0.2, 0.25) is 0 Å². The quantitative estimate of drug-likeness (QED) is 0.914. The van der Waals surface area contributed by atoms with E-state index < -0.39 is 6.10 Å². The molecule has 0 spiro atoms. The molecule has 0 amide bonds. The van der Waals surface area contributed by atoms with Gasteiger partial charge in [0.05, 0.1) is 13.2 Å². The zero-order chi connectivity index (χ0) is 14.1. The number of ether oxygens (including phenoxy) is 2. The van der Waals surface area contributed by atoms with Gasteiger partial charge in [-0.25, -0.2) is 0 Å². The Morgan fingerprint density at radius 1 is 1.10 bits per heavy atom. The van der Waals surface area contributed by atoms with E-state index in [1.54, 1.807) is 6.07 Å². The standard InChI is InChI=1S/C16H18O4/c1-10-8-18-13-6-4-12(7-15(13)19-9-10)16(17)14-5-3-11(2)20-14/h3-7,10,16-17H,8-9H2,1-2H3. The molecule has 20 heavy (non-hydrogen) atoms. The molecule has 0 aliphatic carbocycles. The highest BCUT2D eigenvalue weighted by Crippen LogP contribution is 2.34. The number of furan rings is 1. The molecular weight excluding hydrogens is 256 g/mol. The Bertz CT molecular complexity index is 602. The first-order valence-corrected chi connectivity index (χ1v) is 6.77. The van der Waals surface area contributed by atoms with E-state index in [-0.39, 0.29) is 0 Å². The van der Waals surface area contributed by atoms with Gasteiger partial charge in [-0.05, 0) is 36.8 Å². The highest BCUT2D eigenvalue weighted by Gasteiger charge is 2.19. The predicted molar refractivity (Wildman–Crippen MR) is 74.1 cm³/mol. The van der Waals surface area contributed by atoms with E-state index in [9.17, 15) is 5.11 Å². The number of aryl methyl sites for hydroxylation is 1. The maximum absolute atomic E-state index is 10.3. The van der Waals surface area contributed by atoms with Crippen LogP contribution in [0.25, 0.3) is 0 Å². The lowest BCUT2D eigenvalue weighted by Crippen LogP contribution is -2.12. The van der Waals surface area contributed by atoms with Gasteiger partial charge < -0.3 is 19.0 Å². The van der Waals surface area contributed by atoms with Gasteiger partial charge in [0.25, 0.3) is 0 Å². The molecule has 1 aromatic heterocycles. The van der Waals surface area contributed by atoms with Crippen LogP contribution in [0.2, 0.25) is 0 Å². The first-order chi connectivity index (χ1) is 9.63. The lowest BCUT2D eigenvalue weighted by molar-refractivity contribution is 0.187. The van der Waals surface area contributed by atoms with Crippen LogP contribution in [0.4, 0.5) is 0 Å². The van der Waals surface area contributed by atoms with Gasteiger partial charge >= 0.3 is 0 Å². The second kappa shape index (κ2) is 5.21. The SMILES string of the molecule is Cc1ccc(C(O)c2ccc3c(c2)OCC(C)CO3)o1. The molecule has 0 bridgehead atoms. The maximum Gasteiger partial charge on any atom is 0.161 e.